The average molecular weight is 286 g/mol. The standard InChI is InChI=1S/C13H13Cl2NO2/c14-11-1-2-13(12(15)7-11)18-6-4-16-8-10-3-5-17-9-10/h1-3,5,7,9,16H,4,6,8H2. The largest absolute Gasteiger partial charge is 0.491 e. The van der Waals surface area contributed by atoms with Crippen LogP contribution in [0.2, 0.25) is 10.0 Å². The molecule has 0 atom stereocenters. The van der Waals surface area contributed by atoms with E-state index < -0.39 is 0 Å². The number of halogens is 2. The Bertz CT molecular complexity index is 486. The van der Waals surface area contributed by atoms with Crippen molar-refractivity contribution in [2.75, 3.05) is 13.2 Å². The van der Waals surface area contributed by atoms with Gasteiger partial charge < -0.3 is 14.5 Å². The number of nitrogens with one attached hydrogen (secondary N) is 1. The number of ether oxygens (including phenoxy) is 1. The van der Waals surface area contributed by atoms with E-state index in [2.05, 4.69) is 5.32 Å². The maximum atomic E-state index is 5.98. The zero-order chi connectivity index (χ0) is 12.8. The molecule has 18 heavy (non-hydrogen) atoms. The highest BCUT2D eigenvalue weighted by molar-refractivity contribution is 6.35. The molecule has 3 nitrogen and oxygen atoms in total. The van der Waals surface area contributed by atoms with Gasteiger partial charge in [0.25, 0.3) is 0 Å². The van der Waals surface area contributed by atoms with Crippen molar-refractivity contribution in [2.45, 2.75) is 6.54 Å². The molecule has 0 aliphatic carbocycles. The van der Waals surface area contributed by atoms with Gasteiger partial charge in [-0.05, 0) is 24.3 Å². The fourth-order valence-corrected chi connectivity index (χ4v) is 1.91. The summed E-state index contributed by atoms with van der Waals surface area (Å²) < 4.78 is 10.5. The molecule has 1 heterocycles. The van der Waals surface area contributed by atoms with Gasteiger partial charge in [-0.3, -0.25) is 0 Å². The molecule has 96 valence electrons. The lowest BCUT2D eigenvalue weighted by molar-refractivity contribution is 0.314. The fourth-order valence-electron chi connectivity index (χ4n) is 1.45. The van der Waals surface area contributed by atoms with Gasteiger partial charge in [-0.25, -0.2) is 0 Å². The van der Waals surface area contributed by atoms with Crippen LogP contribution in [0, 0.1) is 0 Å². The second kappa shape index (κ2) is 6.69. The van der Waals surface area contributed by atoms with Gasteiger partial charge in [0.15, 0.2) is 0 Å². The van der Waals surface area contributed by atoms with Crippen molar-refractivity contribution in [3.63, 3.8) is 0 Å². The van der Waals surface area contributed by atoms with Crippen LogP contribution in [0.15, 0.2) is 41.2 Å². The van der Waals surface area contributed by atoms with Crippen LogP contribution in [0.4, 0.5) is 0 Å². The average Bonchev–Trinajstić information content (AvgIpc) is 2.84. The van der Waals surface area contributed by atoms with E-state index in [0.717, 1.165) is 18.7 Å². The highest BCUT2D eigenvalue weighted by Crippen LogP contribution is 2.27. The summed E-state index contributed by atoms with van der Waals surface area (Å²) in [5.74, 6) is 0.645. The highest BCUT2D eigenvalue weighted by Gasteiger charge is 2.01. The van der Waals surface area contributed by atoms with Crippen molar-refractivity contribution in [1.82, 2.24) is 5.32 Å². The first-order chi connectivity index (χ1) is 8.75. The van der Waals surface area contributed by atoms with Crippen LogP contribution < -0.4 is 10.1 Å². The zero-order valence-corrected chi connectivity index (χ0v) is 11.2. The van der Waals surface area contributed by atoms with E-state index in [-0.39, 0.29) is 0 Å². The van der Waals surface area contributed by atoms with Gasteiger partial charge in [-0.2, -0.15) is 0 Å². The van der Waals surface area contributed by atoms with Crippen molar-refractivity contribution in [2.24, 2.45) is 0 Å². The van der Waals surface area contributed by atoms with E-state index >= 15 is 0 Å². The molecule has 0 bridgehead atoms. The Morgan fingerprint density at radius 1 is 1.22 bits per heavy atom. The fraction of sp³-hybridized carbons (Fsp3) is 0.231. The van der Waals surface area contributed by atoms with Crippen molar-refractivity contribution in [3.8, 4) is 5.75 Å². The first kappa shape index (κ1) is 13.3. The Kier molecular flexibility index (Phi) is 4.93. The van der Waals surface area contributed by atoms with Crippen molar-refractivity contribution in [1.29, 1.82) is 0 Å². The van der Waals surface area contributed by atoms with E-state index in [1.165, 1.54) is 0 Å². The summed E-state index contributed by atoms with van der Waals surface area (Å²) in [4.78, 5) is 0. The van der Waals surface area contributed by atoms with Crippen molar-refractivity contribution in [3.05, 3.63) is 52.4 Å². The Hall–Kier alpha value is -1.16. The predicted molar refractivity (Wildman–Crippen MR) is 72.4 cm³/mol. The van der Waals surface area contributed by atoms with Crippen LogP contribution in [0.5, 0.6) is 5.75 Å². The summed E-state index contributed by atoms with van der Waals surface area (Å²) >= 11 is 11.8. The maximum absolute atomic E-state index is 5.98. The quantitative estimate of drug-likeness (QED) is 0.821. The molecule has 0 unspecified atom stereocenters. The first-order valence-electron chi connectivity index (χ1n) is 5.55. The summed E-state index contributed by atoms with van der Waals surface area (Å²) in [6.07, 6.45) is 3.37. The molecule has 0 aliphatic heterocycles. The van der Waals surface area contributed by atoms with E-state index in [1.807, 2.05) is 6.07 Å². The van der Waals surface area contributed by atoms with E-state index in [9.17, 15) is 0 Å². The van der Waals surface area contributed by atoms with Crippen molar-refractivity contribution < 1.29 is 9.15 Å². The minimum Gasteiger partial charge on any atom is -0.491 e. The van der Waals surface area contributed by atoms with Gasteiger partial charge in [0.05, 0.1) is 17.5 Å². The Morgan fingerprint density at radius 3 is 2.83 bits per heavy atom. The molecule has 5 heteroatoms. The van der Waals surface area contributed by atoms with Crippen LogP contribution in [0.3, 0.4) is 0 Å². The third-order valence-electron chi connectivity index (χ3n) is 2.34. The summed E-state index contributed by atoms with van der Waals surface area (Å²) in [7, 11) is 0. The van der Waals surface area contributed by atoms with Crippen LogP contribution >= 0.6 is 23.2 Å². The van der Waals surface area contributed by atoms with Gasteiger partial charge in [0.1, 0.15) is 12.4 Å². The number of benzene rings is 1. The number of furan rings is 1. The number of hydrogen-bond donors (Lipinski definition) is 1. The predicted octanol–water partition coefficient (Wildman–Crippen LogP) is 3.76. The van der Waals surface area contributed by atoms with E-state index in [1.54, 1.807) is 30.7 Å². The molecular formula is C13H13Cl2NO2. The van der Waals surface area contributed by atoms with Crippen LogP contribution in [0.25, 0.3) is 0 Å². The van der Waals surface area contributed by atoms with Crippen LogP contribution in [-0.2, 0) is 6.54 Å². The molecule has 1 aromatic carbocycles. The van der Waals surface area contributed by atoms with E-state index in [0.29, 0.717) is 22.4 Å². The molecule has 0 aliphatic rings. The molecule has 0 amide bonds. The number of rotatable bonds is 6. The highest BCUT2D eigenvalue weighted by atomic mass is 35.5. The summed E-state index contributed by atoms with van der Waals surface area (Å²) in [6.45, 7) is 2.03. The summed E-state index contributed by atoms with van der Waals surface area (Å²) in [5, 5.41) is 4.36. The normalized spacial score (nSPS) is 10.6. The Morgan fingerprint density at radius 2 is 2.11 bits per heavy atom. The Labute approximate surface area is 116 Å². The van der Waals surface area contributed by atoms with Gasteiger partial charge in [0.2, 0.25) is 0 Å². The monoisotopic (exact) mass is 285 g/mol. The molecule has 0 saturated heterocycles. The lowest BCUT2D eigenvalue weighted by Gasteiger charge is -2.08. The maximum Gasteiger partial charge on any atom is 0.138 e. The second-order valence-electron chi connectivity index (χ2n) is 3.73. The van der Waals surface area contributed by atoms with Gasteiger partial charge >= 0.3 is 0 Å². The molecule has 1 aromatic heterocycles. The minimum absolute atomic E-state index is 0.525. The van der Waals surface area contributed by atoms with Gasteiger partial charge in [-0.1, -0.05) is 23.2 Å². The molecule has 2 aromatic rings. The minimum atomic E-state index is 0.525. The summed E-state index contributed by atoms with van der Waals surface area (Å²) in [5.41, 5.74) is 1.11. The molecule has 0 fully saturated rings. The van der Waals surface area contributed by atoms with Crippen molar-refractivity contribution >= 4 is 23.2 Å². The second-order valence-corrected chi connectivity index (χ2v) is 4.58. The first-order valence-corrected chi connectivity index (χ1v) is 6.31. The van der Waals surface area contributed by atoms with Gasteiger partial charge in [0, 0.05) is 23.7 Å². The third kappa shape index (κ3) is 3.95. The topological polar surface area (TPSA) is 34.4 Å². The third-order valence-corrected chi connectivity index (χ3v) is 2.87. The smallest absolute Gasteiger partial charge is 0.138 e. The zero-order valence-electron chi connectivity index (χ0n) is 9.66. The lowest BCUT2D eigenvalue weighted by Crippen LogP contribution is -2.20. The van der Waals surface area contributed by atoms with Crippen LogP contribution in [-0.4, -0.2) is 13.2 Å². The van der Waals surface area contributed by atoms with Crippen LogP contribution in [0.1, 0.15) is 5.56 Å². The molecular weight excluding hydrogens is 273 g/mol. The molecule has 0 radical (unpaired) electrons. The summed E-state index contributed by atoms with van der Waals surface area (Å²) in [6, 6.07) is 7.10. The lowest BCUT2D eigenvalue weighted by atomic mass is 10.3. The number of hydrogen-bond acceptors (Lipinski definition) is 3. The molecule has 1 N–H and O–H groups in total. The molecule has 2 rings (SSSR count). The molecule has 0 spiro atoms. The Balaban J connectivity index is 1.69. The SMILES string of the molecule is Clc1ccc(OCCNCc2ccoc2)c(Cl)c1. The van der Waals surface area contributed by atoms with E-state index in [4.69, 9.17) is 32.4 Å². The molecule has 0 saturated carbocycles. The van der Waals surface area contributed by atoms with Gasteiger partial charge in [-0.15, -0.1) is 0 Å².